The van der Waals surface area contributed by atoms with Crippen LogP contribution in [0.4, 0.5) is 5.82 Å². The molecule has 7 heteroatoms. The molecule has 2 fully saturated rings. The van der Waals surface area contributed by atoms with Crippen molar-refractivity contribution in [2.24, 2.45) is 0 Å². The van der Waals surface area contributed by atoms with Crippen LogP contribution in [0.1, 0.15) is 17.5 Å². The summed E-state index contributed by atoms with van der Waals surface area (Å²) in [6.45, 7) is 6.31. The topological polar surface area (TPSA) is 69.1 Å². The number of carbonyl (C=O) groups excluding carboxylic acids is 1. The zero-order chi connectivity index (χ0) is 19.5. The Morgan fingerprint density at radius 2 is 1.86 bits per heavy atom. The summed E-state index contributed by atoms with van der Waals surface area (Å²) in [5, 5.41) is 10.9. The highest BCUT2D eigenvalue weighted by Gasteiger charge is 2.35. The van der Waals surface area contributed by atoms with E-state index in [0.29, 0.717) is 13.2 Å². The summed E-state index contributed by atoms with van der Waals surface area (Å²) in [6.07, 6.45) is 2.19. The normalized spacial score (nSPS) is 21.2. The van der Waals surface area contributed by atoms with Crippen molar-refractivity contribution in [2.45, 2.75) is 25.9 Å². The lowest BCUT2D eigenvalue weighted by atomic mass is 10.1. The fraction of sp³-hybridized carbons (Fsp3) is 0.429. The number of amides is 1. The molecule has 2 aromatic rings. The molecule has 2 aliphatic rings. The van der Waals surface area contributed by atoms with Crippen LogP contribution in [0.15, 0.2) is 42.6 Å². The van der Waals surface area contributed by atoms with Crippen LogP contribution in [0.2, 0.25) is 0 Å². The van der Waals surface area contributed by atoms with E-state index in [9.17, 15) is 9.90 Å². The molecule has 1 amide bonds. The van der Waals surface area contributed by atoms with Crippen molar-refractivity contribution in [3.63, 3.8) is 0 Å². The van der Waals surface area contributed by atoms with Gasteiger partial charge in [-0.3, -0.25) is 14.5 Å². The third kappa shape index (κ3) is 4.10. The third-order valence-corrected chi connectivity index (χ3v) is 5.43. The average Bonchev–Trinajstić information content (AvgIpc) is 2.72. The lowest BCUT2D eigenvalue weighted by molar-refractivity contribution is -0.211. The SMILES string of the molecule is Cc1ccc(CN2OCCC(N3CCN(c4ccc(O)cn4)CC3)C2=O)cc1. The molecule has 0 radical (unpaired) electrons. The predicted octanol–water partition coefficient (Wildman–Crippen LogP) is 1.95. The van der Waals surface area contributed by atoms with E-state index in [1.807, 2.05) is 18.2 Å². The van der Waals surface area contributed by atoms with Crippen molar-refractivity contribution >= 4 is 11.7 Å². The van der Waals surface area contributed by atoms with E-state index in [-0.39, 0.29) is 17.7 Å². The molecule has 0 saturated carbocycles. The van der Waals surface area contributed by atoms with Crippen molar-refractivity contribution in [3.8, 4) is 5.75 Å². The van der Waals surface area contributed by atoms with Gasteiger partial charge in [0, 0.05) is 26.2 Å². The molecule has 28 heavy (non-hydrogen) atoms. The minimum Gasteiger partial charge on any atom is -0.506 e. The van der Waals surface area contributed by atoms with Crippen molar-refractivity contribution in [2.75, 3.05) is 37.7 Å². The molecular weight excluding hydrogens is 356 g/mol. The standard InChI is InChI=1S/C21H26N4O3/c1-16-2-4-17(5-3-16)15-25-21(27)19(8-13-28-25)23-9-11-24(12-10-23)20-7-6-18(26)14-22-20/h2-7,14,19,26H,8-13,15H2,1H3. The number of nitrogens with zero attached hydrogens (tertiary/aromatic N) is 4. The fourth-order valence-electron chi connectivity index (χ4n) is 3.78. The van der Waals surface area contributed by atoms with Crippen LogP contribution in [-0.2, 0) is 16.2 Å². The first-order valence-electron chi connectivity index (χ1n) is 9.74. The van der Waals surface area contributed by atoms with Gasteiger partial charge in [-0.05, 0) is 31.0 Å². The zero-order valence-electron chi connectivity index (χ0n) is 16.1. The third-order valence-electron chi connectivity index (χ3n) is 5.43. The molecular formula is C21H26N4O3. The van der Waals surface area contributed by atoms with Gasteiger partial charge in [0.2, 0.25) is 0 Å². The van der Waals surface area contributed by atoms with E-state index in [1.54, 1.807) is 6.07 Å². The van der Waals surface area contributed by atoms with Crippen LogP contribution < -0.4 is 4.90 Å². The Hall–Kier alpha value is -2.64. The number of aryl methyl sites for hydroxylation is 1. The van der Waals surface area contributed by atoms with Gasteiger partial charge < -0.3 is 10.0 Å². The molecule has 3 heterocycles. The molecule has 1 unspecified atom stereocenters. The summed E-state index contributed by atoms with van der Waals surface area (Å²) >= 11 is 0. The number of hydrogen-bond donors (Lipinski definition) is 1. The largest absolute Gasteiger partial charge is 0.506 e. The highest BCUT2D eigenvalue weighted by Crippen LogP contribution is 2.22. The van der Waals surface area contributed by atoms with Crippen molar-refractivity contribution in [1.82, 2.24) is 14.9 Å². The summed E-state index contributed by atoms with van der Waals surface area (Å²) in [6, 6.07) is 11.5. The first-order chi connectivity index (χ1) is 13.6. The first kappa shape index (κ1) is 18.7. The highest BCUT2D eigenvalue weighted by atomic mass is 16.7. The number of carbonyl (C=O) groups is 1. The number of anilines is 1. The Morgan fingerprint density at radius 3 is 2.54 bits per heavy atom. The second-order valence-corrected chi connectivity index (χ2v) is 7.40. The molecule has 1 aromatic heterocycles. The van der Waals surface area contributed by atoms with Gasteiger partial charge in [-0.1, -0.05) is 29.8 Å². The Labute approximate surface area is 165 Å². The molecule has 1 atom stereocenters. The van der Waals surface area contributed by atoms with Gasteiger partial charge in [-0.15, -0.1) is 0 Å². The van der Waals surface area contributed by atoms with Crippen LogP contribution in [0.3, 0.4) is 0 Å². The van der Waals surface area contributed by atoms with Crippen molar-refractivity contribution in [1.29, 1.82) is 0 Å². The zero-order valence-corrected chi connectivity index (χ0v) is 16.1. The van der Waals surface area contributed by atoms with E-state index >= 15 is 0 Å². The Bertz CT molecular complexity index is 801. The number of rotatable bonds is 4. The van der Waals surface area contributed by atoms with Gasteiger partial charge in [0.05, 0.1) is 25.4 Å². The smallest absolute Gasteiger partial charge is 0.263 e. The number of hydroxylamine groups is 2. The number of piperazine rings is 1. The van der Waals surface area contributed by atoms with Crippen molar-refractivity contribution in [3.05, 3.63) is 53.7 Å². The maximum Gasteiger partial charge on any atom is 0.263 e. The second-order valence-electron chi connectivity index (χ2n) is 7.40. The number of pyridine rings is 1. The number of hydrogen-bond acceptors (Lipinski definition) is 6. The van der Waals surface area contributed by atoms with Crippen molar-refractivity contribution < 1.29 is 14.7 Å². The molecule has 0 spiro atoms. The van der Waals surface area contributed by atoms with Crippen LogP contribution in [-0.4, -0.2) is 64.8 Å². The van der Waals surface area contributed by atoms with Crippen LogP contribution in [0, 0.1) is 6.92 Å². The molecule has 0 bridgehead atoms. The molecule has 7 nitrogen and oxygen atoms in total. The van der Waals surface area contributed by atoms with Crippen LogP contribution in [0.5, 0.6) is 5.75 Å². The number of benzene rings is 1. The van der Waals surface area contributed by atoms with Gasteiger partial charge >= 0.3 is 0 Å². The Balaban J connectivity index is 1.36. The predicted molar refractivity (Wildman–Crippen MR) is 106 cm³/mol. The van der Waals surface area contributed by atoms with E-state index in [4.69, 9.17) is 4.84 Å². The Morgan fingerprint density at radius 1 is 1.11 bits per heavy atom. The van der Waals surface area contributed by atoms with Crippen LogP contribution in [0.25, 0.3) is 0 Å². The van der Waals surface area contributed by atoms with Gasteiger partial charge in [-0.25, -0.2) is 10.0 Å². The lowest BCUT2D eigenvalue weighted by Gasteiger charge is -2.42. The minimum atomic E-state index is -0.130. The molecule has 4 rings (SSSR count). The van der Waals surface area contributed by atoms with E-state index in [2.05, 4.69) is 33.8 Å². The van der Waals surface area contributed by atoms with Gasteiger partial charge in [0.25, 0.3) is 5.91 Å². The van der Waals surface area contributed by atoms with Crippen LogP contribution >= 0.6 is 0 Å². The molecule has 1 aromatic carbocycles. The summed E-state index contributed by atoms with van der Waals surface area (Å²) in [5.41, 5.74) is 2.27. The minimum absolute atomic E-state index is 0.0445. The van der Waals surface area contributed by atoms with E-state index in [0.717, 1.165) is 44.0 Å². The first-order valence-corrected chi connectivity index (χ1v) is 9.74. The van der Waals surface area contributed by atoms with E-state index in [1.165, 1.54) is 16.8 Å². The lowest BCUT2D eigenvalue weighted by Crippen LogP contribution is -2.58. The number of aromatic nitrogens is 1. The monoisotopic (exact) mass is 382 g/mol. The summed E-state index contributed by atoms with van der Waals surface area (Å²) < 4.78 is 0. The van der Waals surface area contributed by atoms with Gasteiger partial charge in [0.1, 0.15) is 11.6 Å². The summed E-state index contributed by atoms with van der Waals surface area (Å²) in [5.74, 6) is 1.07. The van der Waals surface area contributed by atoms with Gasteiger partial charge in [-0.2, -0.15) is 0 Å². The quantitative estimate of drug-likeness (QED) is 0.872. The molecule has 2 saturated heterocycles. The maximum atomic E-state index is 13.0. The summed E-state index contributed by atoms with van der Waals surface area (Å²) in [7, 11) is 0. The molecule has 2 aliphatic heterocycles. The number of aromatic hydroxyl groups is 1. The molecule has 0 aliphatic carbocycles. The summed E-state index contributed by atoms with van der Waals surface area (Å²) in [4.78, 5) is 27.4. The van der Waals surface area contributed by atoms with E-state index < -0.39 is 0 Å². The fourth-order valence-corrected chi connectivity index (χ4v) is 3.78. The maximum absolute atomic E-state index is 13.0. The average molecular weight is 382 g/mol. The second kappa shape index (κ2) is 8.16. The highest BCUT2D eigenvalue weighted by molar-refractivity contribution is 5.81. The van der Waals surface area contributed by atoms with Gasteiger partial charge in [0.15, 0.2) is 0 Å². The molecule has 148 valence electrons. The Kier molecular flexibility index (Phi) is 5.45. The molecule has 1 N–H and O–H groups in total.